The highest BCUT2D eigenvalue weighted by Gasteiger charge is 2.08. The van der Waals surface area contributed by atoms with E-state index in [0.29, 0.717) is 5.84 Å². The fraction of sp³-hybridized carbons (Fsp3) is 0.462. The summed E-state index contributed by atoms with van der Waals surface area (Å²) in [6.45, 7) is 5.37. The molecule has 0 unspecified atom stereocenters. The minimum absolute atomic E-state index is 0.624. The predicted octanol–water partition coefficient (Wildman–Crippen LogP) is 0.724. The molecule has 0 bridgehead atoms. The Balaban J connectivity index is 1.80. The van der Waals surface area contributed by atoms with Gasteiger partial charge in [0.1, 0.15) is 5.84 Å². The second-order valence-electron chi connectivity index (χ2n) is 4.09. The summed E-state index contributed by atoms with van der Waals surface area (Å²) in [7, 11) is 0. The second-order valence-corrected chi connectivity index (χ2v) is 4.09. The molecule has 0 amide bonds. The highest BCUT2D eigenvalue weighted by molar-refractivity contribution is 5.97. The third-order valence-corrected chi connectivity index (χ3v) is 2.87. The van der Waals surface area contributed by atoms with Crippen molar-refractivity contribution in [2.75, 3.05) is 39.4 Å². The van der Waals surface area contributed by atoms with Crippen LogP contribution < -0.4 is 5.73 Å². The van der Waals surface area contributed by atoms with E-state index in [1.165, 1.54) is 0 Å². The van der Waals surface area contributed by atoms with Crippen LogP contribution >= 0.6 is 0 Å². The van der Waals surface area contributed by atoms with Crippen LogP contribution in [-0.4, -0.2) is 50.1 Å². The first-order chi connectivity index (χ1) is 8.36. The van der Waals surface area contributed by atoms with Gasteiger partial charge in [0.15, 0.2) is 0 Å². The number of morpholine rings is 1. The number of rotatable bonds is 4. The molecule has 17 heavy (non-hydrogen) atoms. The molecule has 1 saturated heterocycles. The van der Waals surface area contributed by atoms with E-state index in [1.807, 2.05) is 30.3 Å². The Labute approximate surface area is 102 Å². The molecule has 1 heterocycles. The molecule has 1 fully saturated rings. The minimum atomic E-state index is 0.624. The van der Waals surface area contributed by atoms with Gasteiger partial charge in [0.05, 0.1) is 19.8 Å². The van der Waals surface area contributed by atoms with Gasteiger partial charge >= 0.3 is 0 Å². The van der Waals surface area contributed by atoms with Crippen molar-refractivity contribution >= 4 is 5.84 Å². The fourth-order valence-corrected chi connectivity index (χ4v) is 1.84. The lowest BCUT2D eigenvalue weighted by Gasteiger charge is -2.25. The molecule has 1 aromatic rings. The molecule has 4 heteroatoms. The molecule has 1 aromatic carbocycles. The van der Waals surface area contributed by atoms with Gasteiger partial charge in [-0.1, -0.05) is 30.3 Å². The Bertz CT molecular complexity index is 358. The van der Waals surface area contributed by atoms with Gasteiger partial charge in [0.25, 0.3) is 0 Å². The number of hydrogen-bond acceptors (Lipinski definition) is 3. The Hall–Kier alpha value is -1.39. The normalized spacial score (nSPS) is 18.2. The number of nitrogens with two attached hydrogens (primary N) is 1. The molecule has 1 aliphatic heterocycles. The molecule has 92 valence electrons. The van der Waals surface area contributed by atoms with Crippen molar-refractivity contribution < 1.29 is 4.74 Å². The largest absolute Gasteiger partial charge is 0.384 e. The standard InChI is InChI=1S/C13H19N3O/c14-13(12-4-2-1-3-5-12)15-6-7-16-8-10-17-11-9-16/h1-5H,6-11H2,(H2,14,15). The summed E-state index contributed by atoms with van der Waals surface area (Å²) in [5.41, 5.74) is 6.91. The van der Waals surface area contributed by atoms with Crippen molar-refractivity contribution in [1.29, 1.82) is 0 Å². The molecule has 4 nitrogen and oxygen atoms in total. The third kappa shape index (κ3) is 3.84. The first kappa shape index (κ1) is 12.1. The summed E-state index contributed by atoms with van der Waals surface area (Å²) in [5, 5.41) is 0. The van der Waals surface area contributed by atoms with Crippen LogP contribution in [0.15, 0.2) is 35.3 Å². The molecular formula is C13H19N3O. The molecule has 0 aliphatic carbocycles. The lowest BCUT2D eigenvalue weighted by atomic mass is 10.2. The summed E-state index contributed by atoms with van der Waals surface area (Å²) in [6, 6.07) is 9.88. The Morgan fingerprint density at radius 3 is 2.65 bits per heavy atom. The molecule has 0 aromatic heterocycles. The average Bonchev–Trinajstić information content (AvgIpc) is 2.41. The third-order valence-electron chi connectivity index (χ3n) is 2.87. The zero-order chi connectivity index (χ0) is 11.9. The van der Waals surface area contributed by atoms with Crippen molar-refractivity contribution in [3.63, 3.8) is 0 Å². The number of nitrogens with zero attached hydrogens (tertiary/aromatic N) is 2. The number of hydrogen-bond donors (Lipinski definition) is 1. The molecule has 0 spiro atoms. The smallest absolute Gasteiger partial charge is 0.125 e. The summed E-state index contributed by atoms with van der Waals surface area (Å²) < 4.78 is 5.29. The summed E-state index contributed by atoms with van der Waals surface area (Å²) in [4.78, 5) is 6.75. The van der Waals surface area contributed by atoms with Gasteiger partial charge in [0.2, 0.25) is 0 Å². The van der Waals surface area contributed by atoms with Crippen LogP contribution in [0, 0.1) is 0 Å². The quantitative estimate of drug-likeness (QED) is 0.616. The van der Waals surface area contributed by atoms with E-state index >= 15 is 0 Å². The van der Waals surface area contributed by atoms with E-state index in [4.69, 9.17) is 10.5 Å². The van der Waals surface area contributed by atoms with Gasteiger partial charge in [0, 0.05) is 25.2 Å². The van der Waals surface area contributed by atoms with Crippen molar-refractivity contribution in [2.45, 2.75) is 0 Å². The minimum Gasteiger partial charge on any atom is -0.384 e. The zero-order valence-electron chi connectivity index (χ0n) is 10.0. The molecule has 2 rings (SSSR count). The highest BCUT2D eigenvalue weighted by atomic mass is 16.5. The lowest BCUT2D eigenvalue weighted by Crippen LogP contribution is -2.38. The van der Waals surface area contributed by atoms with Crippen molar-refractivity contribution in [3.8, 4) is 0 Å². The SMILES string of the molecule is N/C(=N/CCN1CCOCC1)c1ccccc1. The maximum atomic E-state index is 5.92. The predicted molar refractivity (Wildman–Crippen MR) is 69.3 cm³/mol. The number of ether oxygens (including phenoxy) is 1. The molecular weight excluding hydrogens is 214 g/mol. The molecule has 0 saturated carbocycles. The first-order valence-electron chi connectivity index (χ1n) is 6.02. The maximum absolute atomic E-state index is 5.92. The Kier molecular flexibility index (Phi) is 4.53. The van der Waals surface area contributed by atoms with E-state index in [1.54, 1.807) is 0 Å². The van der Waals surface area contributed by atoms with Crippen LogP contribution in [0.1, 0.15) is 5.56 Å². The number of aliphatic imine (C=N–C) groups is 1. The number of amidine groups is 1. The lowest BCUT2D eigenvalue weighted by molar-refractivity contribution is 0.0394. The van der Waals surface area contributed by atoms with Gasteiger partial charge in [-0.15, -0.1) is 0 Å². The van der Waals surface area contributed by atoms with Crippen molar-refractivity contribution in [2.24, 2.45) is 10.7 Å². The van der Waals surface area contributed by atoms with Crippen LogP contribution in [0.2, 0.25) is 0 Å². The van der Waals surface area contributed by atoms with Gasteiger partial charge in [-0.3, -0.25) is 9.89 Å². The zero-order valence-corrected chi connectivity index (χ0v) is 10.0. The summed E-state index contributed by atoms with van der Waals surface area (Å²) >= 11 is 0. The monoisotopic (exact) mass is 233 g/mol. The average molecular weight is 233 g/mol. The summed E-state index contributed by atoms with van der Waals surface area (Å²) in [6.07, 6.45) is 0. The molecule has 0 radical (unpaired) electrons. The van der Waals surface area contributed by atoms with E-state index in [9.17, 15) is 0 Å². The van der Waals surface area contributed by atoms with Gasteiger partial charge in [-0.05, 0) is 0 Å². The molecule has 2 N–H and O–H groups in total. The van der Waals surface area contributed by atoms with Crippen molar-refractivity contribution in [3.05, 3.63) is 35.9 Å². The molecule has 1 aliphatic rings. The highest BCUT2D eigenvalue weighted by Crippen LogP contribution is 1.99. The first-order valence-corrected chi connectivity index (χ1v) is 6.02. The summed E-state index contributed by atoms with van der Waals surface area (Å²) in [5.74, 6) is 0.624. The fourth-order valence-electron chi connectivity index (χ4n) is 1.84. The molecule has 0 atom stereocenters. The van der Waals surface area contributed by atoms with Crippen LogP contribution in [0.25, 0.3) is 0 Å². The maximum Gasteiger partial charge on any atom is 0.125 e. The second kappa shape index (κ2) is 6.37. The van der Waals surface area contributed by atoms with Crippen LogP contribution in [0.4, 0.5) is 0 Å². The van der Waals surface area contributed by atoms with Crippen LogP contribution in [0.5, 0.6) is 0 Å². The van der Waals surface area contributed by atoms with E-state index in [0.717, 1.165) is 45.0 Å². The van der Waals surface area contributed by atoms with E-state index < -0.39 is 0 Å². The Morgan fingerprint density at radius 1 is 1.24 bits per heavy atom. The van der Waals surface area contributed by atoms with Gasteiger partial charge < -0.3 is 10.5 Å². The van der Waals surface area contributed by atoms with Gasteiger partial charge in [-0.2, -0.15) is 0 Å². The van der Waals surface area contributed by atoms with Crippen LogP contribution in [0.3, 0.4) is 0 Å². The van der Waals surface area contributed by atoms with E-state index in [-0.39, 0.29) is 0 Å². The van der Waals surface area contributed by atoms with Crippen LogP contribution in [-0.2, 0) is 4.74 Å². The Morgan fingerprint density at radius 2 is 1.94 bits per heavy atom. The number of benzene rings is 1. The van der Waals surface area contributed by atoms with Gasteiger partial charge in [-0.25, -0.2) is 0 Å². The van der Waals surface area contributed by atoms with Crippen molar-refractivity contribution in [1.82, 2.24) is 4.90 Å². The topological polar surface area (TPSA) is 50.8 Å². The van der Waals surface area contributed by atoms with E-state index in [2.05, 4.69) is 9.89 Å².